The van der Waals surface area contributed by atoms with Gasteiger partial charge in [-0.15, -0.1) is 0 Å². The van der Waals surface area contributed by atoms with Crippen LogP contribution in [0.25, 0.3) is 11.1 Å². The standard InChI is InChI=1S/C27H25F2NO4/c28-27(29,17-7-10-19-8-3-1-4-9-19)25(33)23(18-24(31)32)30-26(34)22-15-13-21(14-16-22)20-11-5-2-6-12-20/h1-6,8-9,11-16,23H,7,10,17-18H2,(H,30,34)(H,31,32). The van der Waals surface area contributed by atoms with E-state index in [2.05, 4.69) is 5.32 Å². The Kier molecular flexibility index (Phi) is 8.24. The van der Waals surface area contributed by atoms with E-state index in [1.165, 1.54) is 12.1 Å². The van der Waals surface area contributed by atoms with E-state index in [0.717, 1.165) is 16.7 Å². The third kappa shape index (κ3) is 6.81. The minimum absolute atomic E-state index is 0.0391. The number of nitrogens with one attached hydrogen (secondary N) is 1. The van der Waals surface area contributed by atoms with Gasteiger partial charge in [-0.2, -0.15) is 8.78 Å². The van der Waals surface area contributed by atoms with Gasteiger partial charge in [0.15, 0.2) is 0 Å². The molecule has 1 atom stereocenters. The molecule has 34 heavy (non-hydrogen) atoms. The molecule has 0 aliphatic rings. The zero-order valence-corrected chi connectivity index (χ0v) is 18.4. The minimum Gasteiger partial charge on any atom is -0.481 e. The van der Waals surface area contributed by atoms with Crippen molar-refractivity contribution in [3.8, 4) is 11.1 Å². The Bertz CT molecular complexity index is 1120. The average Bonchev–Trinajstić information content (AvgIpc) is 2.84. The van der Waals surface area contributed by atoms with E-state index in [1.807, 2.05) is 36.4 Å². The molecule has 0 radical (unpaired) electrons. The summed E-state index contributed by atoms with van der Waals surface area (Å²) in [5, 5.41) is 11.3. The molecule has 5 nitrogen and oxygen atoms in total. The summed E-state index contributed by atoms with van der Waals surface area (Å²) in [6.45, 7) is 0. The van der Waals surface area contributed by atoms with Crippen molar-refractivity contribution in [2.24, 2.45) is 0 Å². The number of hydrogen-bond donors (Lipinski definition) is 2. The van der Waals surface area contributed by atoms with Gasteiger partial charge in [-0.3, -0.25) is 14.4 Å². The fourth-order valence-electron chi connectivity index (χ4n) is 3.61. The van der Waals surface area contributed by atoms with Crippen molar-refractivity contribution in [3.63, 3.8) is 0 Å². The molecule has 0 spiro atoms. The zero-order chi connectivity index (χ0) is 24.6. The monoisotopic (exact) mass is 465 g/mol. The number of carbonyl (C=O) groups excluding carboxylic acids is 2. The van der Waals surface area contributed by atoms with Gasteiger partial charge in [-0.1, -0.05) is 72.8 Å². The SMILES string of the molecule is O=C(O)CC(NC(=O)c1ccc(-c2ccccc2)cc1)C(=O)C(F)(F)CCCc1ccccc1. The largest absolute Gasteiger partial charge is 0.481 e. The third-order valence-electron chi connectivity index (χ3n) is 5.41. The van der Waals surface area contributed by atoms with Gasteiger partial charge in [-0.05, 0) is 41.7 Å². The number of Topliss-reactive ketones (excluding diaryl/α,β-unsaturated/α-hetero) is 1. The molecule has 0 saturated carbocycles. The van der Waals surface area contributed by atoms with Crippen LogP contribution in [0.4, 0.5) is 8.78 Å². The molecule has 3 aromatic carbocycles. The van der Waals surface area contributed by atoms with E-state index < -0.39 is 42.5 Å². The molecule has 3 aromatic rings. The summed E-state index contributed by atoms with van der Waals surface area (Å²) in [6.07, 6.45) is -1.27. The van der Waals surface area contributed by atoms with Crippen LogP contribution in [-0.2, 0) is 16.0 Å². The number of rotatable bonds is 11. The lowest BCUT2D eigenvalue weighted by atomic mass is 9.97. The van der Waals surface area contributed by atoms with Gasteiger partial charge in [-0.25, -0.2) is 0 Å². The fraction of sp³-hybridized carbons (Fsp3) is 0.222. The Hall–Kier alpha value is -3.87. The Balaban J connectivity index is 1.66. The average molecular weight is 465 g/mol. The van der Waals surface area contributed by atoms with Gasteiger partial charge in [0.2, 0.25) is 5.78 Å². The van der Waals surface area contributed by atoms with E-state index in [1.54, 1.807) is 36.4 Å². The van der Waals surface area contributed by atoms with E-state index in [4.69, 9.17) is 5.11 Å². The van der Waals surface area contributed by atoms with Crippen molar-refractivity contribution in [3.05, 3.63) is 96.1 Å². The van der Waals surface area contributed by atoms with E-state index in [9.17, 15) is 23.2 Å². The molecule has 3 rings (SSSR count). The smallest absolute Gasteiger partial charge is 0.307 e. The molecule has 0 aliphatic heterocycles. The Morgan fingerprint density at radius 3 is 1.97 bits per heavy atom. The molecule has 0 aliphatic carbocycles. The first-order valence-corrected chi connectivity index (χ1v) is 10.9. The highest BCUT2D eigenvalue weighted by atomic mass is 19.3. The summed E-state index contributed by atoms with van der Waals surface area (Å²) in [5.74, 6) is -7.62. The number of carboxylic acid groups (broad SMARTS) is 1. The van der Waals surface area contributed by atoms with E-state index in [0.29, 0.717) is 6.42 Å². The van der Waals surface area contributed by atoms with Gasteiger partial charge < -0.3 is 10.4 Å². The first kappa shape index (κ1) is 24.8. The lowest BCUT2D eigenvalue weighted by Crippen LogP contribution is -2.49. The highest BCUT2D eigenvalue weighted by Crippen LogP contribution is 2.26. The van der Waals surface area contributed by atoms with Crippen LogP contribution in [0.1, 0.15) is 35.2 Å². The van der Waals surface area contributed by atoms with Gasteiger partial charge in [0.1, 0.15) is 6.04 Å². The molecule has 0 bridgehead atoms. The molecule has 1 amide bonds. The van der Waals surface area contributed by atoms with Crippen LogP contribution in [0.2, 0.25) is 0 Å². The van der Waals surface area contributed by atoms with Gasteiger partial charge in [0, 0.05) is 12.0 Å². The zero-order valence-electron chi connectivity index (χ0n) is 18.4. The van der Waals surface area contributed by atoms with Crippen molar-refractivity contribution in [1.29, 1.82) is 0 Å². The second-order valence-electron chi connectivity index (χ2n) is 7.98. The van der Waals surface area contributed by atoms with Crippen LogP contribution in [0.5, 0.6) is 0 Å². The minimum atomic E-state index is -3.76. The molecule has 1 unspecified atom stereocenters. The second-order valence-corrected chi connectivity index (χ2v) is 7.98. The number of carbonyl (C=O) groups is 3. The molecule has 176 valence electrons. The number of amides is 1. The van der Waals surface area contributed by atoms with Crippen LogP contribution in [-0.4, -0.2) is 34.7 Å². The maximum Gasteiger partial charge on any atom is 0.307 e. The number of halogens is 2. The van der Waals surface area contributed by atoms with Crippen LogP contribution >= 0.6 is 0 Å². The van der Waals surface area contributed by atoms with Crippen molar-refractivity contribution in [2.75, 3.05) is 0 Å². The molecular weight excluding hydrogens is 440 g/mol. The molecule has 0 saturated heterocycles. The quantitative estimate of drug-likeness (QED) is 0.410. The first-order chi connectivity index (χ1) is 16.3. The number of aliphatic carboxylic acids is 1. The van der Waals surface area contributed by atoms with Crippen LogP contribution < -0.4 is 5.32 Å². The molecule has 7 heteroatoms. The van der Waals surface area contributed by atoms with E-state index in [-0.39, 0.29) is 12.0 Å². The molecule has 0 heterocycles. The topological polar surface area (TPSA) is 83.5 Å². The normalized spacial score (nSPS) is 12.1. The van der Waals surface area contributed by atoms with E-state index >= 15 is 0 Å². The fourth-order valence-corrected chi connectivity index (χ4v) is 3.61. The van der Waals surface area contributed by atoms with Crippen LogP contribution in [0.15, 0.2) is 84.9 Å². The summed E-state index contributed by atoms with van der Waals surface area (Å²) in [5.41, 5.74) is 2.78. The highest BCUT2D eigenvalue weighted by Gasteiger charge is 2.43. The molecule has 2 N–H and O–H groups in total. The Labute approximate surface area is 196 Å². The highest BCUT2D eigenvalue weighted by molar-refractivity contribution is 6.01. The maximum absolute atomic E-state index is 14.6. The third-order valence-corrected chi connectivity index (χ3v) is 5.41. The van der Waals surface area contributed by atoms with Crippen molar-refractivity contribution >= 4 is 17.7 Å². The number of alkyl halides is 2. The maximum atomic E-state index is 14.6. The number of carboxylic acids is 1. The van der Waals surface area contributed by atoms with Gasteiger partial charge in [0.05, 0.1) is 6.42 Å². The number of hydrogen-bond acceptors (Lipinski definition) is 3. The number of ketones is 1. The summed E-state index contributed by atoms with van der Waals surface area (Å²) in [4.78, 5) is 36.3. The lowest BCUT2D eigenvalue weighted by molar-refractivity contribution is -0.149. The van der Waals surface area contributed by atoms with Crippen molar-refractivity contribution in [2.45, 2.75) is 37.6 Å². The second kappa shape index (κ2) is 11.3. The summed E-state index contributed by atoms with van der Waals surface area (Å²) in [7, 11) is 0. The number of aryl methyl sites for hydroxylation is 1. The van der Waals surface area contributed by atoms with Crippen molar-refractivity contribution in [1.82, 2.24) is 5.32 Å². The van der Waals surface area contributed by atoms with Crippen LogP contribution in [0.3, 0.4) is 0 Å². The lowest BCUT2D eigenvalue weighted by Gasteiger charge is -2.22. The van der Waals surface area contributed by atoms with Gasteiger partial charge in [0.25, 0.3) is 5.91 Å². The number of benzene rings is 3. The first-order valence-electron chi connectivity index (χ1n) is 10.9. The van der Waals surface area contributed by atoms with Gasteiger partial charge >= 0.3 is 11.9 Å². The molecule has 0 fully saturated rings. The molecular formula is C27H25F2NO4. The summed E-state index contributed by atoms with van der Waals surface area (Å²) >= 11 is 0. The Morgan fingerprint density at radius 1 is 0.824 bits per heavy atom. The van der Waals surface area contributed by atoms with Crippen LogP contribution in [0, 0.1) is 0 Å². The van der Waals surface area contributed by atoms with Crippen molar-refractivity contribution < 1.29 is 28.3 Å². The predicted molar refractivity (Wildman–Crippen MR) is 125 cm³/mol. The summed E-state index contributed by atoms with van der Waals surface area (Å²) < 4.78 is 29.2. The predicted octanol–water partition coefficient (Wildman–Crippen LogP) is 5.15. The molecule has 0 aromatic heterocycles. The summed E-state index contributed by atoms with van der Waals surface area (Å²) in [6, 6.07) is 23.0. The Morgan fingerprint density at radius 2 is 1.38 bits per heavy atom.